The molecular formula is C16H16F3NO. The van der Waals surface area contributed by atoms with Gasteiger partial charge in [0.15, 0.2) is 0 Å². The molecule has 0 aromatic heterocycles. The molecule has 1 N–H and O–H groups in total. The lowest BCUT2D eigenvalue weighted by molar-refractivity contribution is -0.137. The van der Waals surface area contributed by atoms with E-state index in [1.54, 1.807) is 6.08 Å². The first-order valence-electron chi connectivity index (χ1n) is 6.63. The average molecular weight is 295 g/mol. The molecular weight excluding hydrogens is 279 g/mol. The zero-order valence-corrected chi connectivity index (χ0v) is 11.8. The van der Waals surface area contributed by atoms with Gasteiger partial charge in [-0.25, -0.2) is 0 Å². The number of halogens is 3. The molecule has 0 fully saturated rings. The zero-order chi connectivity index (χ0) is 15.6. The summed E-state index contributed by atoms with van der Waals surface area (Å²) in [6, 6.07) is 4.64. The highest BCUT2D eigenvalue weighted by Crippen LogP contribution is 2.31. The van der Waals surface area contributed by atoms with E-state index in [2.05, 4.69) is 5.32 Å². The Kier molecular flexibility index (Phi) is 4.21. The van der Waals surface area contributed by atoms with Gasteiger partial charge in [0.1, 0.15) is 0 Å². The number of allylic oxidation sites excluding steroid dienone is 3. The number of hydrogen-bond donors (Lipinski definition) is 1. The summed E-state index contributed by atoms with van der Waals surface area (Å²) in [6.07, 6.45) is -0.236. The fraction of sp³-hybridized carbons (Fsp3) is 0.312. The number of carbonyl (C=O) groups is 1. The SMILES string of the molecule is CC1=CC=C(C(=O)Nc2cccc(C(F)(F)F)c2)CC1C. The van der Waals surface area contributed by atoms with Crippen LogP contribution in [0.4, 0.5) is 18.9 Å². The predicted molar refractivity (Wildman–Crippen MR) is 75.7 cm³/mol. The molecule has 1 atom stereocenters. The van der Waals surface area contributed by atoms with Gasteiger partial charge in [-0.2, -0.15) is 13.2 Å². The van der Waals surface area contributed by atoms with Crippen molar-refractivity contribution in [2.45, 2.75) is 26.4 Å². The van der Waals surface area contributed by atoms with Crippen LogP contribution in [-0.4, -0.2) is 5.91 Å². The van der Waals surface area contributed by atoms with E-state index in [4.69, 9.17) is 0 Å². The van der Waals surface area contributed by atoms with Gasteiger partial charge in [-0.15, -0.1) is 0 Å². The molecule has 0 heterocycles. The van der Waals surface area contributed by atoms with Crippen molar-refractivity contribution in [3.63, 3.8) is 0 Å². The van der Waals surface area contributed by atoms with Crippen LogP contribution >= 0.6 is 0 Å². The number of alkyl halides is 3. The standard InChI is InChI=1S/C16H16F3NO/c1-10-6-7-12(8-11(10)2)15(21)20-14-5-3-4-13(9-14)16(17,18)19/h3-7,9,11H,8H2,1-2H3,(H,20,21). The van der Waals surface area contributed by atoms with Gasteiger partial charge in [0.2, 0.25) is 0 Å². The van der Waals surface area contributed by atoms with Gasteiger partial charge in [-0.3, -0.25) is 4.79 Å². The molecule has 112 valence electrons. The maximum Gasteiger partial charge on any atom is 0.416 e. The smallest absolute Gasteiger partial charge is 0.322 e. The van der Waals surface area contributed by atoms with Crippen LogP contribution in [0.3, 0.4) is 0 Å². The summed E-state index contributed by atoms with van der Waals surface area (Å²) in [6.45, 7) is 4.00. The number of nitrogens with one attached hydrogen (secondary N) is 1. The van der Waals surface area contributed by atoms with E-state index in [-0.39, 0.29) is 17.5 Å². The lowest BCUT2D eigenvalue weighted by Crippen LogP contribution is -2.18. The van der Waals surface area contributed by atoms with E-state index in [1.165, 1.54) is 17.7 Å². The molecule has 0 radical (unpaired) electrons. The van der Waals surface area contributed by atoms with Gasteiger partial charge in [0.25, 0.3) is 5.91 Å². The van der Waals surface area contributed by atoms with Crippen molar-refractivity contribution in [1.82, 2.24) is 0 Å². The van der Waals surface area contributed by atoms with Crippen LogP contribution in [-0.2, 0) is 11.0 Å². The van der Waals surface area contributed by atoms with Gasteiger partial charge in [-0.05, 0) is 37.5 Å². The minimum Gasteiger partial charge on any atom is -0.322 e. The van der Waals surface area contributed by atoms with Crippen molar-refractivity contribution in [2.75, 3.05) is 5.32 Å². The van der Waals surface area contributed by atoms with Crippen molar-refractivity contribution < 1.29 is 18.0 Å². The molecule has 0 saturated heterocycles. The lowest BCUT2D eigenvalue weighted by Gasteiger charge is -2.19. The molecule has 0 bridgehead atoms. The summed E-state index contributed by atoms with van der Waals surface area (Å²) in [4.78, 5) is 12.1. The molecule has 1 unspecified atom stereocenters. The summed E-state index contributed by atoms with van der Waals surface area (Å²) >= 11 is 0. The van der Waals surface area contributed by atoms with Gasteiger partial charge in [0, 0.05) is 11.3 Å². The van der Waals surface area contributed by atoms with Crippen LogP contribution in [0.5, 0.6) is 0 Å². The van der Waals surface area contributed by atoms with E-state index >= 15 is 0 Å². The quantitative estimate of drug-likeness (QED) is 0.851. The van der Waals surface area contributed by atoms with Gasteiger partial charge >= 0.3 is 6.18 Å². The second kappa shape index (κ2) is 5.76. The number of amides is 1. The van der Waals surface area contributed by atoms with Crippen LogP contribution in [0.25, 0.3) is 0 Å². The summed E-state index contributed by atoms with van der Waals surface area (Å²) in [5.41, 5.74) is 1.13. The lowest BCUT2D eigenvalue weighted by atomic mass is 9.89. The van der Waals surface area contributed by atoms with Crippen LogP contribution in [0.2, 0.25) is 0 Å². The zero-order valence-electron chi connectivity index (χ0n) is 11.8. The number of carbonyl (C=O) groups excluding carboxylic acids is 1. The molecule has 0 saturated carbocycles. The Bertz CT molecular complexity index is 614. The third-order valence-electron chi connectivity index (χ3n) is 3.59. The number of anilines is 1. The molecule has 1 amide bonds. The molecule has 1 aromatic carbocycles. The van der Waals surface area contributed by atoms with E-state index in [9.17, 15) is 18.0 Å². The Morgan fingerprint density at radius 2 is 2.00 bits per heavy atom. The minimum atomic E-state index is -4.42. The molecule has 0 spiro atoms. The van der Waals surface area contributed by atoms with E-state index in [0.717, 1.165) is 12.1 Å². The number of hydrogen-bond acceptors (Lipinski definition) is 1. The Balaban J connectivity index is 2.14. The fourth-order valence-electron chi connectivity index (χ4n) is 2.11. The number of rotatable bonds is 2. The van der Waals surface area contributed by atoms with Gasteiger partial charge in [0.05, 0.1) is 5.56 Å². The molecule has 1 aromatic rings. The van der Waals surface area contributed by atoms with Crippen LogP contribution in [0.1, 0.15) is 25.8 Å². The van der Waals surface area contributed by atoms with Crippen molar-refractivity contribution >= 4 is 11.6 Å². The van der Waals surface area contributed by atoms with Crippen molar-refractivity contribution in [2.24, 2.45) is 5.92 Å². The Labute approximate surface area is 121 Å². The van der Waals surface area contributed by atoms with Crippen molar-refractivity contribution in [1.29, 1.82) is 0 Å². The summed E-state index contributed by atoms with van der Waals surface area (Å²) in [7, 11) is 0. The summed E-state index contributed by atoms with van der Waals surface area (Å²) in [5, 5.41) is 2.52. The summed E-state index contributed by atoms with van der Waals surface area (Å²) in [5.74, 6) is -0.0952. The van der Waals surface area contributed by atoms with Crippen molar-refractivity contribution in [3.8, 4) is 0 Å². The molecule has 2 rings (SSSR count). The van der Waals surface area contributed by atoms with Gasteiger partial charge in [-0.1, -0.05) is 30.7 Å². The molecule has 21 heavy (non-hydrogen) atoms. The molecule has 1 aliphatic carbocycles. The first kappa shape index (κ1) is 15.4. The average Bonchev–Trinajstić information content (AvgIpc) is 2.41. The van der Waals surface area contributed by atoms with E-state index in [1.807, 2.05) is 19.9 Å². The minimum absolute atomic E-state index is 0.148. The van der Waals surface area contributed by atoms with Crippen LogP contribution in [0, 0.1) is 5.92 Å². The highest BCUT2D eigenvalue weighted by atomic mass is 19.4. The normalized spacial score (nSPS) is 18.8. The highest BCUT2D eigenvalue weighted by molar-refractivity contribution is 6.04. The highest BCUT2D eigenvalue weighted by Gasteiger charge is 2.30. The maximum atomic E-state index is 12.6. The first-order chi connectivity index (χ1) is 9.77. The van der Waals surface area contributed by atoms with E-state index in [0.29, 0.717) is 12.0 Å². The molecule has 2 nitrogen and oxygen atoms in total. The second-order valence-electron chi connectivity index (χ2n) is 5.24. The topological polar surface area (TPSA) is 29.1 Å². The second-order valence-corrected chi connectivity index (χ2v) is 5.24. The molecule has 1 aliphatic rings. The van der Waals surface area contributed by atoms with Gasteiger partial charge < -0.3 is 5.32 Å². The predicted octanol–water partition coefficient (Wildman–Crippen LogP) is 4.56. The monoisotopic (exact) mass is 295 g/mol. The summed E-state index contributed by atoms with van der Waals surface area (Å²) < 4.78 is 37.9. The molecule has 0 aliphatic heterocycles. The van der Waals surface area contributed by atoms with E-state index < -0.39 is 11.7 Å². The maximum absolute atomic E-state index is 12.6. The number of benzene rings is 1. The third kappa shape index (κ3) is 3.74. The first-order valence-corrected chi connectivity index (χ1v) is 6.63. The van der Waals surface area contributed by atoms with Crippen molar-refractivity contribution in [3.05, 3.63) is 53.1 Å². The van der Waals surface area contributed by atoms with Crippen LogP contribution in [0.15, 0.2) is 47.6 Å². The Morgan fingerprint density at radius 1 is 1.29 bits per heavy atom. The largest absolute Gasteiger partial charge is 0.416 e. The Morgan fingerprint density at radius 3 is 2.62 bits per heavy atom. The fourth-order valence-corrected chi connectivity index (χ4v) is 2.11. The Hall–Kier alpha value is -2.04. The van der Waals surface area contributed by atoms with Crippen LogP contribution < -0.4 is 5.32 Å². The molecule has 5 heteroatoms. The third-order valence-corrected chi connectivity index (χ3v) is 3.59.